The van der Waals surface area contributed by atoms with Crippen LogP contribution >= 0.6 is 0 Å². The fourth-order valence-electron chi connectivity index (χ4n) is 3.51. The molecule has 1 aromatic heterocycles. The number of hydrogen-bond donors (Lipinski definition) is 0. The van der Waals surface area contributed by atoms with Crippen LogP contribution in [0.4, 0.5) is 0 Å². The fourth-order valence-corrected chi connectivity index (χ4v) is 3.51. The van der Waals surface area contributed by atoms with Gasteiger partial charge in [0.25, 0.3) is 0 Å². The average molecular weight is 280 g/mol. The molecule has 21 heavy (non-hydrogen) atoms. The van der Waals surface area contributed by atoms with Crippen molar-refractivity contribution in [2.75, 3.05) is 0 Å². The Kier molecular flexibility index (Phi) is 3.84. The second-order valence-electron chi connectivity index (χ2n) is 6.63. The third-order valence-electron chi connectivity index (χ3n) is 4.96. The second-order valence-corrected chi connectivity index (χ2v) is 6.63. The van der Waals surface area contributed by atoms with Crippen molar-refractivity contribution in [3.63, 3.8) is 0 Å². The molecule has 1 aliphatic rings. The molecule has 0 aliphatic heterocycles. The predicted octanol–water partition coefficient (Wildman–Crippen LogP) is 4.37. The maximum atomic E-state index is 2.46. The Bertz CT molecular complexity index is 683. The zero-order chi connectivity index (χ0) is 15.0. The molecule has 0 N–H and O–H groups in total. The van der Waals surface area contributed by atoms with Crippen molar-refractivity contribution in [1.29, 1.82) is 0 Å². The molecule has 0 radical (unpaired) electrons. The zero-order valence-electron chi connectivity index (χ0n) is 13.8. The molecule has 3 rings (SSSR count). The van der Waals surface area contributed by atoms with E-state index in [4.69, 9.17) is 0 Å². The van der Waals surface area contributed by atoms with Gasteiger partial charge in [-0.1, -0.05) is 12.5 Å². The zero-order valence-corrected chi connectivity index (χ0v) is 13.8. The molecule has 0 atom stereocenters. The van der Waals surface area contributed by atoms with Crippen LogP contribution in [-0.4, -0.2) is 0 Å². The third-order valence-corrected chi connectivity index (χ3v) is 4.96. The molecule has 1 aliphatic carbocycles. The summed E-state index contributed by atoms with van der Waals surface area (Å²) in [4.78, 5) is 0. The van der Waals surface area contributed by atoms with Crippen LogP contribution in [0.15, 0.2) is 24.4 Å². The number of fused-ring (bicyclic) bond motifs is 1. The van der Waals surface area contributed by atoms with E-state index in [-0.39, 0.29) is 0 Å². The van der Waals surface area contributed by atoms with E-state index in [0.717, 1.165) is 0 Å². The number of aryl methyl sites for hydroxylation is 6. The molecule has 0 fully saturated rings. The Balaban J connectivity index is 2.15. The first-order valence-electron chi connectivity index (χ1n) is 8.16. The van der Waals surface area contributed by atoms with E-state index in [2.05, 4.69) is 56.8 Å². The van der Waals surface area contributed by atoms with Crippen LogP contribution in [0.2, 0.25) is 0 Å². The summed E-state index contributed by atoms with van der Waals surface area (Å²) >= 11 is 0. The van der Waals surface area contributed by atoms with Crippen LogP contribution in [0.5, 0.6) is 0 Å². The third kappa shape index (κ3) is 2.74. The highest BCUT2D eigenvalue weighted by Gasteiger charge is 2.17. The van der Waals surface area contributed by atoms with Gasteiger partial charge in [-0.05, 0) is 74.8 Å². The van der Waals surface area contributed by atoms with Gasteiger partial charge in [0.05, 0.1) is 0 Å². The van der Waals surface area contributed by atoms with Crippen LogP contribution in [0.1, 0.15) is 47.1 Å². The standard InChI is InChI=1S/C20H26N/c1-14-11-20(21(4)13-16(14)3)19-12-18-9-7-5-6-8-17(18)10-15(19)2/h10-13H,5-9H2,1-4H3/q+1. The number of benzene rings is 1. The van der Waals surface area contributed by atoms with Crippen LogP contribution in [0.25, 0.3) is 11.3 Å². The minimum atomic E-state index is 1.25. The Morgan fingerprint density at radius 3 is 2.14 bits per heavy atom. The molecular weight excluding hydrogens is 254 g/mol. The molecule has 0 saturated carbocycles. The molecule has 2 aromatic rings. The van der Waals surface area contributed by atoms with E-state index >= 15 is 0 Å². The van der Waals surface area contributed by atoms with Crippen molar-refractivity contribution in [2.45, 2.75) is 52.9 Å². The minimum absolute atomic E-state index is 1.25. The van der Waals surface area contributed by atoms with Gasteiger partial charge in [0.15, 0.2) is 6.20 Å². The van der Waals surface area contributed by atoms with E-state index < -0.39 is 0 Å². The summed E-state index contributed by atoms with van der Waals surface area (Å²) in [5.41, 5.74) is 10.0. The minimum Gasteiger partial charge on any atom is -0.201 e. The van der Waals surface area contributed by atoms with Crippen LogP contribution in [0, 0.1) is 20.8 Å². The lowest BCUT2D eigenvalue weighted by Gasteiger charge is -2.12. The van der Waals surface area contributed by atoms with E-state index in [1.165, 1.54) is 60.1 Å². The van der Waals surface area contributed by atoms with Crippen LogP contribution < -0.4 is 4.57 Å². The molecule has 1 heterocycles. The maximum absolute atomic E-state index is 2.46. The fraction of sp³-hybridized carbons (Fsp3) is 0.450. The largest absolute Gasteiger partial charge is 0.212 e. The van der Waals surface area contributed by atoms with Gasteiger partial charge in [-0.3, -0.25) is 0 Å². The van der Waals surface area contributed by atoms with Crippen molar-refractivity contribution in [2.24, 2.45) is 7.05 Å². The molecule has 0 saturated heterocycles. The first-order chi connectivity index (χ1) is 10.1. The summed E-state index contributed by atoms with van der Waals surface area (Å²) in [6.45, 7) is 6.65. The van der Waals surface area contributed by atoms with Gasteiger partial charge < -0.3 is 0 Å². The summed E-state index contributed by atoms with van der Waals surface area (Å²) < 4.78 is 2.27. The van der Waals surface area contributed by atoms with Crippen LogP contribution in [-0.2, 0) is 19.9 Å². The van der Waals surface area contributed by atoms with Gasteiger partial charge in [-0.2, -0.15) is 0 Å². The molecule has 0 bridgehead atoms. The number of hydrogen-bond acceptors (Lipinski definition) is 0. The number of pyridine rings is 1. The van der Waals surface area contributed by atoms with Gasteiger partial charge in [0, 0.05) is 17.2 Å². The Morgan fingerprint density at radius 2 is 1.43 bits per heavy atom. The SMILES string of the molecule is Cc1cc(-c2cc3c(cc2C)CCCCC3)[n+](C)cc1C. The summed E-state index contributed by atoms with van der Waals surface area (Å²) in [7, 11) is 2.16. The lowest BCUT2D eigenvalue weighted by atomic mass is 9.93. The monoisotopic (exact) mass is 280 g/mol. The lowest BCUT2D eigenvalue weighted by molar-refractivity contribution is -0.660. The highest BCUT2D eigenvalue weighted by molar-refractivity contribution is 5.64. The van der Waals surface area contributed by atoms with E-state index in [1.54, 1.807) is 11.1 Å². The predicted molar refractivity (Wildman–Crippen MR) is 88.5 cm³/mol. The smallest absolute Gasteiger partial charge is 0.201 e. The van der Waals surface area contributed by atoms with Gasteiger partial charge in [-0.25, -0.2) is 4.57 Å². The number of nitrogens with zero attached hydrogens (tertiary/aromatic N) is 1. The average Bonchev–Trinajstić information content (AvgIpc) is 2.67. The first kappa shape index (κ1) is 14.3. The van der Waals surface area contributed by atoms with Crippen molar-refractivity contribution in [3.8, 4) is 11.3 Å². The van der Waals surface area contributed by atoms with Crippen molar-refractivity contribution < 1.29 is 4.57 Å². The van der Waals surface area contributed by atoms with Crippen LogP contribution in [0.3, 0.4) is 0 Å². The summed E-state index contributed by atoms with van der Waals surface area (Å²) in [5.74, 6) is 0. The highest BCUT2D eigenvalue weighted by Crippen LogP contribution is 2.29. The Morgan fingerprint density at radius 1 is 0.762 bits per heavy atom. The van der Waals surface area contributed by atoms with Crippen molar-refractivity contribution in [3.05, 3.63) is 52.2 Å². The van der Waals surface area contributed by atoms with E-state index in [1.807, 2.05) is 0 Å². The summed E-state index contributed by atoms with van der Waals surface area (Å²) in [5, 5.41) is 0. The maximum Gasteiger partial charge on any atom is 0.212 e. The lowest BCUT2D eigenvalue weighted by Crippen LogP contribution is -2.31. The highest BCUT2D eigenvalue weighted by atomic mass is 14.9. The summed E-state index contributed by atoms with van der Waals surface area (Å²) in [6.07, 6.45) is 8.82. The van der Waals surface area contributed by atoms with Gasteiger partial charge in [0.1, 0.15) is 7.05 Å². The normalized spacial score (nSPS) is 14.7. The number of rotatable bonds is 1. The number of aromatic nitrogens is 1. The molecule has 0 amide bonds. The molecule has 110 valence electrons. The topological polar surface area (TPSA) is 3.88 Å². The van der Waals surface area contributed by atoms with Crippen molar-refractivity contribution in [1.82, 2.24) is 0 Å². The van der Waals surface area contributed by atoms with Gasteiger partial charge in [-0.15, -0.1) is 0 Å². The van der Waals surface area contributed by atoms with E-state index in [9.17, 15) is 0 Å². The Hall–Kier alpha value is -1.63. The second kappa shape index (κ2) is 5.63. The van der Waals surface area contributed by atoms with Gasteiger partial charge in [0.2, 0.25) is 5.69 Å². The first-order valence-corrected chi connectivity index (χ1v) is 8.16. The molecule has 0 spiro atoms. The molecule has 1 heteroatoms. The molecule has 1 nitrogen and oxygen atoms in total. The quantitative estimate of drug-likeness (QED) is 0.539. The van der Waals surface area contributed by atoms with E-state index in [0.29, 0.717) is 0 Å². The molecule has 0 unspecified atom stereocenters. The Labute approximate surface area is 128 Å². The van der Waals surface area contributed by atoms with Crippen molar-refractivity contribution >= 4 is 0 Å². The molecular formula is C20H26N+. The van der Waals surface area contributed by atoms with Gasteiger partial charge >= 0.3 is 0 Å². The summed E-state index contributed by atoms with van der Waals surface area (Å²) in [6, 6.07) is 7.23. The molecule has 1 aromatic carbocycles.